The van der Waals surface area contributed by atoms with Crippen molar-refractivity contribution in [2.75, 3.05) is 13.2 Å². The van der Waals surface area contributed by atoms with E-state index in [2.05, 4.69) is 0 Å². The first kappa shape index (κ1) is 10.8. The topological polar surface area (TPSA) is 83.9 Å². The van der Waals surface area contributed by atoms with Gasteiger partial charge in [0, 0.05) is 38.2 Å². The Balaban J connectivity index is 2.36. The molecule has 0 unspecified atom stereocenters. The molecule has 2 rings (SSSR count). The minimum absolute atomic E-state index is 0.140. The second kappa shape index (κ2) is 3.71. The van der Waals surface area contributed by atoms with E-state index in [1.807, 2.05) is 0 Å². The van der Waals surface area contributed by atoms with Crippen molar-refractivity contribution in [3.05, 3.63) is 12.2 Å². The zero-order chi connectivity index (χ0) is 11.8. The molecule has 0 aromatic heterocycles. The molecule has 2 aliphatic heterocycles. The predicted octanol–water partition coefficient (Wildman–Crippen LogP) is -0.455. The third-order valence-corrected chi connectivity index (χ3v) is 2.96. The molecule has 0 aliphatic carbocycles. The van der Waals surface area contributed by atoms with Gasteiger partial charge >= 0.3 is 5.97 Å². The van der Waals surface area contributed by atoms with Crippen LogP contribution in [0.1, 0.15) is 12.8 Å². The van der Waals surface area contributed by atoms with Crippen LogP contribution in [0, 0.1) is 0 Å². The van der Waals surface area contributed by atoms with Crippen molar-refractivity contribution in [3.63, 3.8) is 0 Å². The van der Waals surface area contributed by atoms with E-state index >= 15 is 0 Å². The number of hydrogen-bond acceptors (Lipinski definition) is 4. The Morgan fingerprint density at radius 2 is 1.75 bits per heavy atom. The second-order valence-corrected chi connectivity index (χ2v) is 3.79. The number of carboxylic acids is 1. The molecule has 86 valence electrons. The van der Waals surface area contributed by atoms with E-state index < -0.39 is 23.3 Å². The maximum atomic E-state index is 11.5. The fraction of sp³-hybridized carbons (Fsp3) is 0.500. The summed E-state index contributed by atoms with van der Waals surface area (Å²) < 4.78 is 5.07. The molecule has 0 aromatic rings. The van der Waals surface area contributed by atoms with Crippen LogP contribution in [0.25, 0.3) is 0 Å². The maximum absolute atomic E-state index is 11.5. The minimum atomic E-state index is -1.43. The molecule has 0 radical (unpaired) electrons. The number of aliphatic carboxylic acids is 1. The molecule has 0 spiro atoms. The summed E-state index contributed by atoms with van der Waals surface area (Å²) in [5, 5.41) is 9.26. The van der Waals surface area contributed by atoms with Crippen LogP contribution in [0.2, 0.25) is 0 Å². The van der Waals surface area contributed by atoms with Crippen LogP contribution < -0.4 is 0 Å². The second-order valence-electron chi connectivity index (χ2n) is 3.79. The SMILES string of the molecule is O=C1C=CC(=O)N1C1(C(=O)O)CCOCC1. The molecule has 16 heavy (non-hydrogen) atoms. The summed E-state index contributed by atoms with van der Waals surface area (Å²) in [5.74, 6) is -2.27. The molecule has 0 atom stereocenters. The molecular weight excluding hydrogens is 214 g/mol. The summed E-state index contributed by atoms with van der Waals surface area (Å²) in [4.78, 5) is 35.2. The van der Waals surface area contributed by atoms with Crippen LogP contribution >= 0.6 is 0 Å². The number of hydrogen-bond donors (Lipinski definition) is 1. The quantitative estimate of drug-likeness (QED) is 0.643. The van der Waals surface area contributed by atoms with Crippen molar-refractivity contribution in [1.29, 1.82) is 0 Å². The van der Waals surface area contributed by atoms with Gasteiger partial charge in [-0.15, -0.1) is 0 Å². The third kappa shape index (κ3) is 1.42. The highest BCUT2D eigenvalue weighted by molar-refractivity contribution is 6.15. The van der Waals surface area contributed by atoms with Crippen molar-refractivity contribution in [3.8, 4) is 0 Å². The van der Waals surface area contributed by atoms with Crippen molar-refractivity contribution in [2.45, 2.75) is 18.4 Å². The van der Waals surface area contributed by atoms with Crippen LogP contribution in [0.3, 0.4) is 0 Å². The highest BCUT2D eigenvalue weighted by Crippen LogP contribution is 2.30. The Bertz CT molecular complexity index is 363. The molecule has 6 heteroatoms. The fourth-order valence-electron chi connectivity index (χ4n) is 2.06. The minimum Gasteiger partial charge on any atom is -0.479 e. The van der Waals surface area contributed by atoms with Gasteiger partial charge in [0.25, 0.3) is 11.8 Å². The van der Waals surface area contributed by atoms with Gasteiger partial charge in [0.2, 0.25) is 0 Å². The molecule has 1 N–H and O–H groups in total. The lowest BCUT2D eigenvalue weighted by atomic mass is 9.88. The number of ether oxygens (including phenoxy) is 1. The molecule has 2 amide bonds. The van der Waals surface area contributed by atoms with E-state index in [-0.39, 0.29) is 26.1 Å². The Labute approximate surface area is 91.5 Å². The van der Waals surface area contributed by atoms with Crippen LogP contribution in [0.5, 0.6) is 0 Å². The average Bonchev–Trinajstić information content (AvgIpc) is 2.60. The van der Waals surface area contributed by atoms with E-state index in [9.17, 15) is 19.5 Å². The Hall–Kier alpha value is -1.69. The van der Waals surface area contributed by atoms with Crippen LogP contribution in [0.15, 0.2) is 12.2 Å². The monoisotopic (exact) mass is 225 g/mol. The zero-order valence-electron chi connectivity index (χ0n) is 8.51. The Morgan fingerprint density at radius 3 is 2.19 bits per heavy atom. The van der Waals surface area contributed by atoms with Crippen molar-refractivity contribution in [1.82, 2.24) is 4.90 Å². The summed E-state index contributed by atoms with van der Waals surface area (Å²) in [6, 6.07) is 0. The molecule has 0 aromatic carbocycles. The molecule has 0 saturated carbocycles. The van der Waals surface area contributed by atoms with Crippen LogP contribution in [-0.4, -0.2) is 46.5 Å². The summed E-state index contributed by atoms with van der Waals surface area (Å²) >= 11 is 0. The number of amides is 2. The molecule has 1 fully saturated rings. The van der Waals surface area contributed by atoms with Crippen molar-refractivity contribution < 1.29 is 24.2 Å². The maximum Gasteiger partial charge on any atom is 0.330 e. The molecule has 1 saturated heterocycles. The Morgan fingerprint density at radius 1 is 1.25 bits per heavy atom. The highest BCUT2D eigenvalue weighted by Gasteiger charge is 2.51. The predicted molar refractivity (Wildman–Crippen MR) is 51.4 cm³/mol. The molecule has 0 bridgehead atoms. The van der Waals surface area contributed by atoms with Gasteiger partial charge in [-0.25, -0.2) is 4.79 Å². The van der Waals surface area contributed by atoms with Crippen LogP contribution in [0.4, 0.5) is 0 Å². The standard InChI is InChI=1S/C10H11NO5/c12-7-1-2-8(13)11(7)10(9(14)15)3-5-16-6-4-10/h1-2H,3-6H2,(H,14,15). The summed E-state index contributed by atoms with van der Waals surface area (Å²) in [6.07, 6.45) is 2.48. The smallest absolute Gasteiger partial charge is 0.330 e. The number of carbonyl (C=O) groups excluding carboxylic acids is 2. The van der Waals surface area contributed by atoms with Crippen LogP contribution in [-0.2, 0) is 19.1 Å². The number of carboxylic acid groups (broad SMARTS) is 1. The van der Waals surface area contributed by atoms with Crippen molar-refractivity contribution in [2.24, 2.45) is 0 Å². The van der Waals surface area contributed by atoms with E-state index in [4.69, 9.17) is 4.74 Å². The van der Waals surface area contributed by atoms with E-state index in [0.29, 0.717) is 0 Å². The van der Waals surface area contributed by atoms with E-state index in [0.717, 1.165) is 17.1 Å². The number of nitrogens with zero attached hydrogens (tertiary/aromatic N) is 1. The third-order valence-electron chi connectivity index (χ3n) is 2.96. The van der Waals surface area contributed by atoms with Gasteiger partial charge in [0.15, 0.2) is 5.54 Å². The number of carbonyl (C=O) groups is 3. The summed E-state index contributed by atoms with van der Waals surface area (Å²) in [6.45, 7) is 0.479. The highest BCUT2D eigenvalue weighted by atomic mass is 16.5. The van der Waals surface area contributed by atoms with E-state index in [1.54, 1.807) is 0 Å². The van der Waals surface area contributed by atoms with Gasteiger partial charge < -0.3 is 9.84 Å². The summed E-state index contributed by atoms with van der Waals surface area (Å²) in [5.41, 5.74) is -1.43. The van der Waals surface area contributed by atoms with E-state index in [1.165, 1.54) is 0 Å². The average molecular weight is 225 g/mol. The Kier molecular flexibility index (Phi) is 2.51. The molecule has 2 heterocycles. The first-order valence-corrected chi connectivity index (χ1v) is 4.95. The van der Waals surface area contributed by atoms with Gasteiger partial charge in [-0.1, -0.05) is 0 Å². The molecule has 6 nitrogen and oxygen atoms in total. The molecule has 2 aliphatic rings. The first-order chi connectivity index (χ1) is 7.58. The normalized spacial score (nSPS) is 23.9. The molecular formula is C10H11NO5. The largest absolute Gasteiger partial charge is 0.479 e. The van der Waals surface area contributed by atoms with Gasteiger partial charge in [-0.2, -0.15) is 0 Å². The van der Waals surface area contributed by atoms with Gasteiger partial charge in [0.1, 0.15) is 0 Å². The van der Waals surface area contributed by atoms with Crippen molar-refractivity contribution >= 4 is 17.8 Å². The van der Waals surface area contributed by atoms with Gasteiger partial charge in [-0.3, -0.25) is 14.5 Å². The summed E-state index contributed by atoms with van der Waals surface area (Å²) in [7, 11) is 0. The zero-order valence-corrected chi connectivity index (χ0v) is 8.51. The number of imide groups is 1. The van der Waals surface area contributed by atoms with Gasteiger partial charge in [0.05, 0.1) is 0 Å². The lowest BCUT2D eigenvalue weighted by Gasteiger charge is -2.39. The number of rotatable bonds is 2. The lowest BCUT2D eigenvalue weighted by Crippen LogP contribution is -2.59. The van der Waals surface area contributed by atoms with Gasteiger partial charge in [-0.05, 0) is 0 Å². The fourth-order valence-corrected chi connectivity index (χ4v) is 2.06. The first-order valence-electron chi connectivity index (χ1n) is 4.95. The lowest BCUT2D eigenvalue weighted by molar-refractivity contribution is -0.168.